The second kappa shape index (κ2) is 4.87. The molecule has 2 unspecified atom stereocenters. The highest BCUT2D eigenvalue weighted by Gasteiger charge is 2.21. The maximum absolute atomic E-state index is 3.60. The lowest BCUT2D eigenvalue weighted by atomic mass is 10.2. The third-order valence-electron chi connectivity index (χ3n) is 2.19. The molecule has 0 aromatic carbocycles. The largest absolute Gasteiger partial charge is 0.298 e. The summed E-state index contributed by atoms with van der Waals surface area (Å²) in [5.74, 6) is 1.26. The van der Waals surface area contributed by atoms with Gasteiger partial charge in [0.1, 0.15) is 0 Å². The molecule has 0 radical (unpaired) electrons. The summed E-state index contributed by atoms with van der Waals surface area (Å²) in [6.45, 7) is 2.25. The van der Waals surface area contributed by atoms with Crippen LogP contribution in [-0.4, -0.2) is 11.8 Å². The first-order valence-electron chi connectivity index (χ1n) is 4.49. The zero-order valence-electron chi connectivity index (χ0n) is 7.72. The molecule has 1 aliphatic heterocycles. The van der Waals surface area contributed by atoms with Crippen molar-refractivity contribution in [3.05, 3.63) is 19.2 Å². The second-order valence-electron chi connectivity index (χ2n) is 3.38. The molecule has 0 bridgehead atoms. The molecule has 0 saturated carbocycles. The van der Waals surface area contributed by atoms with Crippen LogP contribution >= 0.6 is 55.0 Å². The number of hydrogen-bond acceptors (Lipinski definition) is 3. The Balaban J connectivity index is 2.14. The first-order valence-corrected chi connectivity index (χ1v) is 7.94. The normalized spacial score (nSPS) is 27.9. The fourth-order valence-electron chi connectivity index (χ4n) is 1.41. The molecule has 1 aromatic rings. The molecular weight excluding hydrogens is 346 g/mol. The van der Waals surface area contributed by atoms with Crippen LogP contribution in [0.4, 0.5) is 0 Å². The van der Waals surface area contributed by atoms with Crippen LogP contribution in [0, 0.1) is 0 Å². The molecule has 1 fully saturated rings. The zero-order valence-corrected chi connectivity index (χ0v) is 12.5. The minimum absolute atomic E-state index is 0.478. The van der Waals surface area contributed by atoms with Gasteiger partial charge in [0.05, 0.1) is 9.16 Å². The Bertz CT molecular complexity index is 307. The van der Waals surface area contributed by atoms with Crippen molar-refractivity contribution in [2.24, 2.45) is 0 Å². The molecule has 5 heteroatoms. The molecular formula is C9H11Br2NS2. The van der Waals surface area contributed by atoms with Gasteiger partial charge in [0.15, 0.2) is 0 Å². The monoisotopic (exact) mass is 355 g/mol. The van der Waals surface area contributed by atoms with Gasteiger partial charge in [0.2, 0.25) is 0 Å². The van der Waals surface area contributed by atoms with E-state index in [1.165, 1.54) is 20.8 Å². The highest BCUT2D eigenvalue weighted by Crippen LogP contribution is 2.40. The van der Waals surface area contributed by atoms with Crippen LogP contribution in [0.5, 0.6) is 0 Å². The quantitative estimate of drug-likeness (QED) is 0.800. The molecule has 0 spiro atoms. The van der Waals surface area contributed by atoms with Gasteiger partial charge < -0.3 is 0 Å². The number of rotatable bonds is 1. The van der Waals surface area contributed by atoms with E-state index in [2.05, 4.69) is 50.2 Å². The Morgan fingerprint density at radius 2 is 2.29 bits per heavy atom. The molecule has 1 aromatic heterocycles. The zero-order chi connectivity index (χ0) is 10.1. The predicted molar refractivity (Wildman–Crippen MR) is 72.1 cm³/mol. The van der Waals surface area contributed by atoms with Crippen molar-refractivity contribution in [3.63, 3.8) is 0 Å². The summed E-state index contributed by atoms with van der Waals surface area (Å²) in [5, 5.41) is 4.08. The maximum Gasteiger partial charge on any atom is 0.0885 e. The summed E-state index contributed by atoms with van der Waals surface area (Å²) >= 11 is 10.9. The molecule has 1 saturated heterocycles. The average Bonchev–Trinajstić information content (AvgIpc) is 2.47. The van der Waals surface area contributed by atoms with Crippen LogP contribution in [-0.2, 0) is 0 Å². The van der Waals surface area contributed by atoms with Crippen LogP contribution in [0.3, 0.4) is 0 Å². The lowest BCUT2D eigenvalue weighted by molar-refractivity contribution is 0.515. The molecule has 0 amide bonds. The van der Waals surface area contributed by atoms with Gasteiger partial charge in [-0.25, -0.2) is 0 Å². The molecule has 1 aliphatic rings. The van der Waals surface area contributed by atoms with Crippen LogP contribution in [0.25, 0.3) is 0 Å². The number of thioether (sulfide) groups is 1. The maximum atomic E-state index is 3.60. The highest BCUT2D eigenvalue weighted by molar-refractivity contribution is 9.13. The van der Waals surface area contributed by atoms with E-state index >= 15 is 0 Å². The van der Waals surface area contributed by atoms with Crippen LogP contribution in [0.15, 0.2) is 14.3 Å². The van der Waals surface area contributed by atoms with Gasteiger partial charge in [0.25, 0.3) is 0 Å². The Morgan fingerprint density at radius 3 is 2.86 bits per heavy atom. The lowest BCUT2D eigenvalue weighted by Gasteiger charge is -2.27. The molecule has 14 heavy (non-hydrogen) atoms. The Morgan fingerprint density at radius 1 is 1.50 bits per heavy atom. The van der Waals surface area contributed by atoms with Crippen molar-refractivity contribution in [1.82, 2.24) is 5.32 Å². The standard InChI is InChI=1S/C9H11Br2NS2/c1-5-2-3-13-9(12-5)7-4-6(10)8(11)14-7/h4-5,9,12H,2-3H2,1H3. The molecule has 2 atom stereocenters. The summed E-state index contributed by atoms with van der Waals surface area (Å²) in [7, 11) is 0. The van der Waals surface area contributed by atoms with Gasteiger partial charge in [0, 0.05) is 15.4 Å². The van der Waals surface area contributed by atoms with Crippen LogP contribution < -0.4 is 5.32 Å². The van der Waals surface area contributed by atoms with Crippen LogP contribution in [0.2, 0.25) is 0 Å². The molecule has 1 nitrogen and oxygen atoms in total. The SMILES string of the molecule is CC1CCSC(c2cc(Br)c(Br)s2)N1. The van der Waals surface area contributed by atoms with Gasteiger partial charge >= 0.3 is 0 Å². The lowest BCUT2D eigenvalue weighted by Crippen LogP contribution is -2.33. The predicted octanol–water partition coefficient (Wildman–Crippen LogP) is 4.39. The van der Waals surface area contributed by atoms with Gasteiger partial charge in [-0.3, -0.25) is 5.32 Å². The Kier molecular flexibility index (Phi) is 3.98. The van der Waals surface area contributed by atoms with E-state index < -0.39 is 0 Å². The van der Waals surface area contributed by atoms with Crippen molar-refractivity contribution in [2.75, 3.05) is 5.75 Å². The molecule has 0 aliphatic carbocycles. The molecule has 2 heterocycles. The van der Waals surface area contributed by atoms with E-state index in [1.54, 1.807) is 0 Å². The fraction of sp³-hybridized carbons (Fsp3) is 0.556. The molecule has 1 N–H and O–H groups in total. The molecule has 2 rings (SSSR count). The third-order valence-corrected chi connectivity index (χ3v) is 6.86. The van der Waals surface area contributed by atoms with Crippen molar-refractivity contribution in [2.45, 2.75) is 24.8 Å². The Labute approximate surface area is 109 Å². The van der Waals surface area contributed by atoms with Crippen molar-refractivity contribution in [1.29, 1.82) is 0 Å². The topological polar surface area (TPSA) is 12.0 Å². The summed E-state index contributed by atoms with van der Waals surface area (Å²) in [4.78, 5) is 1.40. The number of thiophene rings is 1. The summed E-state index contributed by atoms with van der Waals surface area (Å²) < 4.78 is 2.35. The first-order chi connectivity index (χ1) is 6.66. The van der Waals surface area contributed by atoms with E-state index in [-0.39, 0.29) is 0 Å². The third kappa shape index (κ3) is 2.55. The number of hydrogen-bond donors (Lipinski definition) is 1. The summed E-state index contributed by atoms with van der Waals surface area (Å²) in [6, 6.07) is 2.85. The number of nitrogens with one attached hydrogen (secondary N) is 1. The van der Waals surface area contributed by atoms with E-state index in [4.69, 9.17) is 0 Å². The summed E-state index contributed by atoms with van der Waals surface area (Å²) in [6.07, 6.45) is 1.27. The molecule has 78 valence electrons. The highest BCUT2D eigenvalue weighted by atomic mass is 79.9. The first kappa shape index (κ1) is 11.5. The van der Waals surface area contributed by atoms with E-state index in [0.29, 0.717) is 11.4 Å². The van der Waals surface area contributed by atoms with E-state index in [1.807, 2.05) is 23.1 Å². The van der Waals surface area contributed by atoms with Crippen molar-refractivity contribution in [3.8, 4) is 0 Å². The fourth-order valence-corrected chi connectivity index (χ4v) is 5.08. The van der Waals surface area contributed by atoms with Gasteiger partial charge in [-0.2, -0.15) is 0 Å². The van der Waals surface area contributed by atoms with Gasteiger partial charge in [-0.05, 0) is 57.0 Å². The number of halogens is 2. The van der Waals surface area contributed by atoms with Crippen LogP contribution in [0.1, 0.15) is 23.6 Å². The van der Waals surface area contributed by atoms with Crippen molar-refractivity contribution >= 4 is 55.0 Å². The average molecular weight is 357 g/mol. The van der Waals surface area contributed by atoms with Gasteiger partial charge in [-0.1, -0.05) is 0 Å². The minimum Gasteiger partial charge on any atom is -0.298 e. The smallest absolute Gasteiger partial charge is 0.0885 e. The minimum atomic E-state index is 0.478. The second-order valence-corrected chi connectivity index (χ2v) is 7.85. The Hall–Kier alpha value is 0.970. The van der Waals surface area contributed by atoms with Gasteiger partial charge in [-0.15, -0.1) is 23.1 Å². The summed E-state index contributed by atoms with van der Waals surface area (Å²) in [5.41, 5.74) is 0. The van der Waals surface area contributed by atoms with E-state index in [9.17, 15) is 0 Å². The van der Waals surface area contributed by atoms with Crippen molar-refractivity contribution < 1.29 is 0 Å². The van der Waals surface area contributed by atoms with E-state index in [0.717, 1.165) is 4.47 Å².